The van der Waals surface area contributed by atoms with Gasteiger partial charge in [0.25, 0.3) is 0 Å². The van der Waals surface area contributed by atoms with Gasteiger partial charge in [-0.3, -0.25) is 9.69 Å². The third-order valence-electron chi connectivity index (χ3n) is 5.91. The summed E-state index contributed by atoms with van der Waals surface area (Å²) in [6, 6.07) is 13.9. The standard InChI is InChI=1S/C24H30N2O5/c1-17-24(28)21-13-23(22(29-2)12-18(21)15-30-17)31-16-20(27)14-25-8-10-26(11-9-25)19-6-4-3-5-7-19/h3-7,12-13,17,20,27H,8-11,14-16H2,1-2H3. The summed E-state index contributed by atoms with van der Waals surface area (Å²) < 4.78 is 16.8. The number of nitrogens with zero attached hydrogens (tertiary/aromatic N) is 2. The Morgan fingerprint density at radius 3 is 2.58 bits per heavy atom. The zero-order valence-electron chi connectivity index (χ0n) is 18.1. The number of ether oxygens (including phenoxy) is 3. The number of Topliss-reactive ketones (excluding diaryl/α,β-unsaturated/α-hetero) is 1. The Balaban J connectivity index is 1.31. The van der Waals surface area contributed by atoms with E-state index in [2.05, 4.69) is 34.1 Å². The highest BCUT2D eigenvalue weighted by atomic mass is 16.5. The number of piperazine rings is 1. The van der Waals surface area contributed by atoms with Crippen LogP contribution in [0.5, 0.6) is 11.5 Å². The molecule has 2 aliphatic rings. The van der Waals surface area contributed by atoms with Gasteiger partial charge in [0.15, 0.2) is 17.3 Å². The Bertz CT molecular complexity index is 896. The van der Waals surface area contributed by atoms with Crippen molar-refractivity contribution in [1.29, 1.82) is 0 Å². The average molecular weight is 427 g/mol. The summed E-state index contributed by atoms with van der Waals surface area (Å²) in [5.74, 6) is 0.940. The highest BCUT2D eigenvalue weighted by Gasteiger charge is 2.27. The van der Waals surface area contributed by atoms with Gasteiger partial charge in [-0.2, -0.15) is 0 Å². The molecule has 2 unspecified atom stereocenters. The van der Waals surface area contributed by atoms with Crippen LogP contribution in [0, 0.1) is 0 Å². The minimum absolute atomic E-state index is 0.0643. The number of para-hydroxylation sites is 1. The van der Waals surface area contributed by atoms with Crippen LogP contribution in [0.4, 0.5) is 5.69 Å². The number of β-amino-alcohol motifs (C(OH)–C–C–N with tert-alkyl or cyclic N) is 1. The van der Waals surface area contributed by atoms with Crippen molar-refractivity contribution in [2.24, 2.45) is 0 Å². The summed E-state index contributed by atoms with van der Waals surface area (Å²) in [6.45, 7) is 6.43. The van der Waals surface area contributed by atoms with Gasteiger partial charge in [-0.05, 0) is 36.8 Å². The molecule has 0 saturated carbocycles. The summed E-state index contributed by atoms with van der Waals surface area (Å²) in [4.78, 5) is 17.0. The Labute approximate surface area is 183 Å². The van der Waals surface area contributed by atoms with E-state index in [4.69, 9.17) is 14.2 Å². The minimum Gasteiger partial charge on any atom is -0.493 e. The molecule has 7 nitrogen and oxygen atoms in total. The quantitative estimate of drug-likeness (QED) is 0.729. The van der Waals surface area contributed by atoms with E-state index in [0.29, 0.717) is 30.2 Å². The molecule has 2 heterocycles. The van der Waals surface area contributed by atoms with Crippen molar-refractivity contribution in [3.05, 3.63) is 53.6 Å². The molecule has 0 aromatic heterocycles. The van der Waals surface area contributed by atoms with Gasteiger partial charge in [0.1, 0.15) is 18.8 Å². The number of rotatable bonds is 7. The minimum atomic E-state index is -0.637. The number of benzene rings is 2. The van der Waals surface area contributed by atoms with Gasteiger partial charge in [-0.25, -0.2) is 0 Å². The lowest BCUT2D eigenvalue weighted by molar-refractivity contribution is 0.0333. The fraction of sp³-hybridized carbons (Fsp3) is 0.458. The zero-order chi connectivity index (χ0) is 21.8. The van der Waals surface area contributed by atoms with Crippen LogP contribution in [-0.4, -0.2) is 74.4 Å². The zero-order valence-corrected chi connectivity index (χ0v) is 18.1. The van der Waals surface area contributed by atoms with E-state index in [1.54, 1.807) is 26.2 Å². The highest BCUT2D eigenvalue weighted by molar-refractivity contribution is 6.01. The summed E-state index contributed by atoms with van der Waals surface area (Å²) in [7, 11) is 1.56. The molecule has 0 spiro atoms. The number of fused-ring (bicyclic) bond motifs is 1. The monoisotopic (exact) mass is 426 g/mol. The van der Waals surface area contributed by atoms with E-state index in [9.17, 15) is 9.90 Å². The van der Waals surface area contributed by atoms with Crippen molar-refractivity contribution < 1.29 is 24.1 Å². The van der Waals surface area contributed by atoms with Crippen LogP contribution in [0.25, 0.3) is 0 Å². The van der Waals surface area contributed by atoms with Gasteiger partial charge in [0.2, 0.25) is 0 Å². The van der Waals surface area contributed by atoms with Crippen LogP contribution < -0.4 is 14.4 Å². The lowest BCUT2D eigenvalue weighted by atomic mass is 9.97. The second-order valence-electron chi connectivity index (χ2n) is 8.07. The molecular weight excluding hydrogens is 396 g/mol. The second-order valence-corrected chi connectivity index (χ2v) is 8.07. The third-order valence-corrected chi connectivity index (χ3v) is 5.91. The molecule has 2 atom stereocenters. The average Bonchev–Trinajstić information content (AvgIpc) is 2.81. The number of methoxy groups -OCH3 is 1. The molecule has 2 aromatic rings. The van der Waals surface area contributed by atoms with Crippen LogP contribution >= 0.6 is 0 Å². The maximum atomic E-state index is 12.4. The maximum absolute atomic E-state index is 12.4. The van der Waals surface area contributed by atoms with Gasteiger partial charge in [0.05, 0.1) is 13.7 Å². The first-order valence-corrected chi connectivity index (χ1v) is 10.7. The van der Waals surface area contributed by atoms with Crippen molar-refractivity contribution in [2.75, 3.05) is 51.3 Å². The summed E-state index contributed by atoms with van der Waals surface area (Å²) >= 11 is 0. The highest BCUT2D eigenvalue weighted by Crippen LogP contribution is 2.34. The lowest BCUT2D eigenvalue weighted by Gasteiger charge is -2.36. The van der Waals surface area contributed by atoms with Crippen LogP contribution in [0.3, 0.4) is 0 Å². The number of aliphatic hydroxyl groups is 1. The number of anilines is 1. The van der Waals surface area contributed by atoms with Gasteiger partial charge >= 0.3 is 0 Å². The summed E-state index contributed by atoms with van der Waals surface area (Å²) in [5.41, 5.74) is 2.63. The van der Waals surface area contributed by atoms with E-state index >= 15 is 0 Å². The first kappa shape index (κ1) is 21.6. The first-order chi connectivity index (χ1) is 15.0. The molecule has 0 amide bonds. The van der Waals surface area contributed by atoms with Crippen LogP contribution in [0.15, 0.2) is 42.5 Å². The smallest absolute Gasteiger partial charge is 0.191 e. The molecule has 31 heavy (non-hydrogen) atoms. The molecule has 1 fully saturated rings. The topological polar surface area (TPSA) is 71.5 Å². The number of ketones is 1. The second kappa shape index (κ2) is 9.68. The predicted octanol–water partition coefficient (Wildman–Crippen LogP) is 2.36. The molecule has 4 rings (SSSR count). The Morgan fingerprint density at radius 1 is 1.13 bits per heavy atom. The molecule has 1 saturated heterocycles. The van der Waals surface area contributed by atoms with Crippen LogP contribution in [-0.2, 0) is 11.3 Å². The molecular formula is C24H30N2O5. The van der Waals surface area contributed by atoms with E-state index < -0.39 is 12.2 Å². The van der Waals surface area contributed by atoms with E-state index in [1.807, 2.05) is 6.07 Å². The van der Waals surface area contributed by atoms with Crippen molar-refractivity contribution in [2.45, 2.75) is 25.7 Å². The molecule has 2 aliphatic heterocycles. The maximum Gasteiger partial charge on any atom is 0.191 e. The van der Waals surface area contributed by atoms with Gasteiger partial charge in [0, 0.05) is 44.0 Å². The Morgan fingerprint density at radius 2 is 1.87 bits per heavy atom. The largest absolute Gasteiger partial charge is 0.493 e. The fourth-order valence-corrected chi connectivity index (χ4v) is 4.10. The lowest BCUT2D eigenvalue weighted by Crippen LogP contribution is -2.49. The van der Waals surface area contributed by atoms with Crippen molar-refractivity contribution in [3.8, 4) is 11.5 Å². The Kier molecular flexibility index (Phi) is 6.75. The van der Waals surface area contributed by atoms with Gasteiger partial charge in [-0.15, -0.1) is 0 Å². The van der Waals surface area contributed by atoms with E-state index in [-0.39, 0.29) is 12.4 Å². The number of hydrogen-bond donors (Lipinski definition) is 1. The van der Waals surface area contributed by atoms with E-state index in [1.165, 1.54) is 5.69 Å². The molecule has 0 aliphatic carbocycles. The van der Waals surface area contributed by atoms with Crippen molar-refractivity contribution >= 4 is 11.5 Å². The third kappa shape index (κ3) is 5.01. The molecule has 2 aromatic carbocycles. The fourth-order valence-electron chi connectivity index (χ4n) is 4.10. The summed E-state index contributed by atoms with van der Waals surface area (Å²) in [5, 5.41) is 10.5. The molecule has 0 bridgehead atoms. The molecule has 166 valence electrons. The van der Waals surface area contributed by atoms with Gasteiger partial charge < -0.3 is 24.2 Å². The molecule has 0 radical (unpaired) electrons. The number of aliphatic hydroxyl groups excluding tert-OH is 1. The molecule has 1 N–H and O–H groups in total. The predicted molar refractivity (Wildman–Crippen MR) is 118 cm³/mol. The molecule has 7 heteroatoms. The summed E-state index contributed by atoms with van der Waals surface area (Å²) in [6.07, 6.45) is -1.10. The van der Waals surface area contributed by atoms with Crippen molar-refractivity contribution in [1.82, 2.24) is 4.90 Å². The normalized spacial score (nSPS) is 20.3. The first-order valence-electron chi connectivity index (χ1n) is 10.7. The Hall–Kier alpha value is -2.61. The van der Waals surface area contributed by atoms with Crippen molar-refractivity contribution in [3.63, 3.8) is 0 Å². The van der Waals surface area contributed by atoms with Crippen LogP contribution in [0.2, 0.25) is 0 Å². The number of hydrogen-bond acceptors (Lipinski definition) is 7. The van der Waals surface area contributed by atoms with Gasteiger partial charge in [-0.1, -0.05) is 18.2 Å². The number of carbonyl (C=O) groups is 1. The van der Waals surface area contributed by atoms with E-state index in [0.717, 1.165) is 31.7 Å². The van der Waals surface area contributed by atoms with Crippen LogP contribution in [0.1, 0.15) is 22.8 Å². The number of carbonyl (C=O) groups excluding carboxylic acids is 1. The SMILES string of the molecule is COc1cc2c(cc1OCC(O)CN1CCN(c3ccccc3)CC1)C(=O)C(C)OC2.